The van der Waals surface area contributed by atoms with Crippen molar-refractivity contribution in [1.29, 1.82) is 0 Å². The fraction of sp³-hybridized carbons (Fsp3) is 0. The molecule has 1 heterocycles. The number of rotatable bonds is 6. The summed E-state index contributed by atoms with van der Waals surface area (Å²) in [5.74, 6) is -1.69. The lowest BCUT2D eigenvalue weighted by atomic mass is 10.1. The van der Waals surface area contributed by atoms with Crippen LogP contribution in [-0.4, -0.2) is 32.9 Å². The molecule has 2 amide bonds. The van der Waals surface area contributed by atoms with Gasteiger partial charge in [-0.2, -0.15) is 0 Å². The molecule has 0 atom stereocenters. The van der Waals surface area contributed by atoms with Crippen molar-refractivity contribution < 1.29 is 19.5 Å². The molecule has 0 saturated carbocycles. The summed E-state index contributed by atoms with van der Waals surface area (Å²) in [5.41, 5.74) is 2.97. The van der Waals surface area contributed by atoms with E-state index in [-0.39, 0.29) is 16.8 Å². The van der Waals surface area contributed by atoms with Crippen LogP contribution in [0.25, 0.3) is 22.4 Å². The molecule has 0 aliphatic heterocycles. The maximum atomic E-state index is 12.9. The summed E-state index contributed by atoms with van der Waals surface area (Å²) in [6, 6.07) is 22.8. The molecule has 0 spiro atoms. The molecular formula is C28H18Cl2N4O4. The Morgan fingerprint density at radius 1 is 0.763 bits per heavy atom. The van der Waals surface area contributed by atoms with E-state index in [0.717, 1.165) is 11.1 Å². The zero-order valence-electron chi connectivity index (χ0n) is 19.5. The van der Waals surface area contributed by atoms with Crippen molar-refractivity contribution in [3.05, 3.63) is 112 Å². The number of imidazole rings is 1. The Kier molecular flexibility index (Phi) is 6.83. The molecule has 10 heteroatoms. The summed E-state index contributed by atoms with van der Waals surface area (Å²) in [6.07, 6.45) is 0. The van der Waals surface area contributed by atoms with Crippen molar-refractivity contribution in [3.8, 4) is 11.4 Å². The first-order valence-corrected chi connectivity index (χ1v) is 12.0. The zero-order valence-corrected chi connectivity index (χ0v) is 21.0. The number of carbonyl (C=O) groups is 3. The number of aromatic nitrogens is 2. The summed E-state index contributed by atoms with van der Waals surface area (Å²) >= 11 is 12.1. The van der Waals surface area contributed by atoms with Crippen LogP contribution in [0.5, 0.6) is 0 Å². The average Bonchev–Trinajstić information content (AvgIpc) is 3.32. The number of benzene rings is 4. The third-order valence-corrected chi connectivity index (χ3v) is 6.46. The predicted molar refractivity (Wildman–Crippen MR) is 147 cm³/mol. The van der Waals surface area contributed by atoms with Crippen molar-refractivity contribution in [3.63, 3.8) is 0 Å². The number of nitrogens with one attached hydrogen (secondary N) is 3. The Hall–Kier alpha value is -4.66. The summed E-state index contributed by atoms with van der Waals surface area (Å²) < 4.78 is 0. The van der Waals surface area contributed by atoms with Gasteiger partial charge in [0.15, 0.2) is 0 Å². The van der Waals surface area contributed by atoms with Gasteiger partial charge in [-0.15, -0.1) is 0 Å². The number of para-hydroxylation sites is 1. The van der Waals surface area contributed by atoms with Crippen LogP contribution in [0.2, 0.25) is 10.0 Å². The first-order chi connectivity index (χ1) is 18.3. The van der Waals surface area contributed by atoms with Crippen molar-refractivity contribution in [2.75, 3.05) is 10.6 Å². The maximum absolute atomic E-state index is 12.9. The van der Waals surface area contributed by atoms with E-state index >= 15 is 0 Å². The molecule has 0 saturated heterocycles. The molecule has 1 aromatic heterocycles. The summed E-state index contributed by atoms with van der Waals surface area (Å²) in [4.78, 5) is 45.0. The number of fused-ring (bicyclic) bond motifs is 1. The normalized spacial score (nSPS) is 10.8. The van der Waals surface area contributed by atoms with Gasteiger partial charge in [-0.1, -0.05) is 53.5 Å². The number of halogens is 2. The fourth-order valence-corrected chi connectivity index (χ4v) is 4.13. The van der Waals surface area contributed by atoms with Gasteiger partial charge in [0.2, 0.25) is 0 Å². The minimum absolute atomic E-state index is 0.0638. The van der Waals surface area contributed by atoms with E-state index in [1.807, 2.05) is 6.07 Å². The number of hydrogen-bond donors (Lipinski definition) is 4. The second-order valence-corrected chi connectivity index (χ2v) is 9.10. The number of H-pyrrole nitrogens is 1. The lowest BCUT2D eigenvalue weighted by Crippen LogP contribution is -2.17. The topological polar surface area (TPSA) is 124 Å². The first-order valence-electron chi connectivity index (χ1n) is 11.3. The molecule has 0 unspecified atom stereocenters. The Bertz CT molecular complexity index is 1660. The number of aromatic amines is 1. The van der Waals surface area contributed by atoms with E-state index in [0.29, 0.717) is 32.6 Å². The van der Waals surface area contributed by atoms with Gasteiger partial charge in [0, 0.05) is 22.4 Å². The molecule has 0 bridgehead atoms. The Balaban J connectivity index is 1.33. The van der Waals surface area contributed by atoms with Gasteiger partial charge in [-0.3, -0.25) is 9.59 Å². The number of carbonyl (C=O) groups excluding carboxylic acids is 2. The predicted octanol–water partition coefficient (Wildman–Crippen LogP) is 6.74. The molecule has 4 aromatic carbocycles. The molecule has 0 aliphatic rings. The number of hydrogen-bond acceptors (Lipinski definition) is 4. The van der Waals surface area contributed by atoms with Crippen molar-refractivity contribution in [2.24, 2.45) is 0 Å². The monoisotopic (exact) mass is 544 g/mol. The van der Waals surface area contributed by atoms with E-state index in [1.54, 1.807) is 60.7 Å². The lowest BCUT2D eigenvalue weighted by molar-refractivity contribution is 0.0698. The number of carboxylic acid groups (broad SMARTS) is 1. The van der Waals surface area contributed by atoms with E-state index in [9.17, 15) is 19.5 Å². The van der Waals surface area contributed by atoms with Gasteiger partial charge >= 0.3 is 5.97 Å². The average molecular weight is 545 g/mol. The van der Waals surface area contributed by atoms with Crippen LogP contribution in [0.15, 0.2) is 84.9 Å². The molecule has 8 nitrogen and oxygen atoms in total. The lowest BCUT2D eigenvalue weighted by Gasteiger charge is -2.11. The van der Waals surface area contributed by atoms with Crippen LogP contribution in [0.1, 0.15) is 31.1 Å². The molecular weight excluding hydrogens is 527 g/mol. The largest absolute Gasteiger partial charge is 0.478 e. The molecule has 5 rings (SSSR count). The van der Waals surface area contributed by atoms with Crippen LogP contribution >= 0.6 is 23.2 Å². The highest BCUT2D eigenvalue weighted by Gasteiger charge is 2.18. The number of nitrogens with zero attached hydrogens (tertiary/aromatic N) is 1. The molecule has 0 radical (unpaired) electrons. The van der Waals surface area contributed by atoms with Crippen molar-refractivity contribution in [1.82, 2.24) is 9.97 Å². The summed E-state index contributed by atoms with van der Waals surface area (Å²) in [5, 5.41) is 15.8. The molecule has 0 aliphatic carbocycles. The van der Waals surface area contributed by atoms with Crippen LogP contribution in [0, 0.1) is 0 Å². The van der Waals surface area contributed by atoms with Crippen molar-refractivity contribution in [2.45, 2.75) is 0 Å². The molecule has 4 N–H and O–H groups in total. The highest BCUT2D eigenvalue weighted by Crippen LogP contribution is 2.29. The van der Waals surface area contributed by atoms with Gasteiger partial charge in [-0.05, 0) is 54.6 Å². The van der Waals surface area contributed by atoms with Crippen LogP contribution in [-0.2, 0) is 0 Å². The van der Waals surface area contributed by atoms with Gasteiger partial charge in [0.05, 0.1) is 32.3 Å². The van der Waals surface area contributed by atoms with Crippen LogP contribution in [0.4, 0.5) is 11.4 Å². The second kappa shape index (κ2) is 10.4. The number of carboxylic acids is 1. The quantitative estimate of drug-likeness (QED) is 0.188. The van der Waals surface area contributed by atoms with Gasteiger partial charge in [0.1, 0.15) is 5.82 Å². The zero-order chi connectivity index (χ0) is 26.8. The van der Waals surface area contributed by atoms with E-state index in [4.69, 9.17) is 23.2 Å². The van der Waals surface area contributed by atoms with Crippen molar-refractivity contribution >= 4 is 63.4 Å². The summed E-state index contributed by atoms with van der Waals surface area (Å²) in [7, 11) is 0. The highest BCUT2D eigenvalue weighted by molar-refractivity contribution is 6.42. The maximum Gasteiger partial charge on any atom is 0.337 e. The standard InChI is InChI=1S/C28H18Cl2N4O4/c29-20-13-23-24(14-21(20)30)33-25(32-23)15-6-8-16(9-7-15)26(35)34-22-11-10-17(12-19(22)28(37)38)27(36)31-18-4-2-1-3-5-18/h1-14H,(H,31,36)(H,32,33)(H,34,35)(H,37,38). The number of aromatic carboxylic acids is 1. The fourth-order valence-electron chi connectivity index (χ4n) is 3.81. The highest BCUT2D eigenvalue weighted by atomic mass is 35.5. The third-order valence-electron chi connectivity index (χ3n) is 5.74. The molecule has 5 aromatic rings. The smallest absolute Gasteiger partial charge is 0.337 e. The number of anilines is 2. The molecule has 188 valence electrons. The molecule has 38 heavy (non-hydrogen) atoms. The minimum Gasteiger partial charge on any atom is -0.478 e. The van der Waals surface area contributed by atoms with Crippen LogP contribution < -0.4 is 10.6 Å². The summed E-state index contributed by atoms with van der Waals surface area (Å²) in [6.45, 7) is 0. The molecule has 0 fully saturated rings. The van der Waals surface area contributed by atoms with Gasteiger partial charge in [0.25, 0.3) is 11.8 Å². The Morgan fingerprint density at radius 3 is 2.13 bits per heavy atom. The number of amides is 2. The first kappa shape index (κ1) is 25.0. The van der Waals surface area contributed by atoms with E-state index in [2.05, 4.69) is 20.6 Å². The second-order valence-electron chi connectivity index (χ2n) is 8.29. The van der Waals surface area contributed by atoms with Crippen LogP contribution in [0.3, 0.4) is 0 Å². The van der Waals surface area contributed by atoms with Gasteiger partial charge in [-0.25, -0.2) is 9.78 Å². The van der Waals surface area contributed by atoms with E-state index in [1.165, 1.54) is 18.2 Å². The SMILES string of the molecule is O=C(Nc1ccccc1)c1ccc(NC(=O)c2ccc(-c3nc4cc(Cl)c(Cl)cc4[nH]3)cc2)c(C(=O)O)c1. The van der Waals surface area contributed by atoms with E-state index < -0.39 is 17.8 Å². The van der Waals surface area contributed by atoms with Gasteiger partial charge < -0.3 is 20.7 Å². The third kappa shape index (κ3) is 5.22. The Morgan fingerprint density at radius 2 is 1.42 bits per heavy atom. The Labute approximate surface area is 226 Å². The minimum atomic E-state index is -1.28.